The van der Waals surface area contributed by atoms with Crippen LogP contribution in [0.5, 0.6) is 5.75 Å². The molecule has 4 rings (SSSR count). The number of amides is 1. The number of aromatic nitrogens is 5. The van der Waals surface area contributed by atoms with E-state index in [4.69, 9.17) is 9.26 Å². The molecule has 0 aliphatic heterocycles. The van der Waals surface area contributed by atoms with Gasteiger partial charge in [-0.15, -0.1) is 10.2 Å². The van der Waals surface area contributed by atoms with Crippen molar-refractivity contribution < 1.29 is 14.1 Å². The Morgan fingerprint density at radius 2 is 1.85 bits per heavy atom. The molecule has 0 spiro atoms. The Bertz CT molecular complexity index is 1230. The lowest BCUT2D eigenvalue weighted by Gasteiger charge is -2.12. The maximum absolute atomic E-state index is 12.6. The maximum atomic E-state index is 12.6. The highest BCUT2D eigenvalue weighted by Crippen LogP contribution is 2.29. The van der Waals surface area contributed by atoms with E-state index in [1.807, 2.05) is 61.7 Å². The fraction of sp³-hybridized carbons (Fsp3) is 0.261. The highest BCUT2D eigenvalue weighted by Gasteiger charge is 2.21. The van der Waals surface area contributed by atoms with Crippen molar-refractivity contribution in [2.75, 3.05) is 18.2 Å². The second kappa shape index (κ2) is 9.45. The van der Waals surface area contributed by atoms with Crippen molar-refractivity contribution in [3.05, 3.63) is 60.6 Å². The van der Waals surface area contributed by atoms with E-state index in [0.29, 0.717) is 16.9 Å². The molecule has 0 aliphatic carbocycles. The number of nitrogens with zero attached hydrogens (tertiary/aromatic N) is 5. The number of carbonyl (C=O) groups excluding carboxylic acids is 1. The van der Waals surface area contributed by atoms with Gasteiger partial charge in [-0.1, -0.05) is 37.7 Å². The van der Waals surface area contributed by atoms with Crippen LogP contribution in [-0.4, -0.2) is 43.7 Å². The number of anilines is 1. The Balaban J connectivity index is 1.55. The molecule has 0 saturated carbocycles. The second-order valence-electron chi connectivity index (χ2n) is 8.24. The Morgan fingerprint density at radius 3 is 2.48 bits per heavy atom. The molecule has 4 aromatic rings. The molecule has 3 heterocycles. The average Bonchev–Trinajstić information content (AvgIpc) is 3.45. The van der Waals surface area contributed by atoms with Crippen molar-refractivity contribution >= 4 is 23.6 Å². The lowest BCUT2D eigenvalue weighted by Crippen LogP contribution is -2.14. The summed E-state index contributed by atoms with van der Waals surface area (Å²) >= 11 is 1.28. The number of ether oxygens (including phenoxy) is 1. The van der Waals surface area contributed by atoms with Gasteiger partial charge in [0, 0.05) is 35.1 Å². The molecule has 10 heteroatoms. The van der Waals surface area contributed by atoms with Crippen molar-refractivity contribution in [1.82, 2.24) is 24.9 Å². The Hall–Kier alpha value is -3.66. The number of pyridine rings is 1. The number of hydrogen-bond donors (Lipinski definition) is 1. The van der Waals surface area contributed by atoms with Gasteiger partial charge in [0.25, 0.3) is 0 Å². The second-order valence-corrected chi connectivity index (χ2v) is 9.18. The van der Waals surface area contributed by atoms with Gasteiger partial charge >= 0.3 is 0 Å². The van der Waals surface area contributed by atoms with Crippen molar-refractivity contribution in [2.24, 2.45) is 0 Å². The minimum absolute atomic E-state index is 0.121. The molecule has 1 aromatic carbocycles. The smallest absolute Gasteiger partial charge is 0.237 e. The largest absolute Gasteiger partial charge is 0.497 e. The third kappa shape index (κ3) is 5.23. The summed E-state index contributed by atoms with van der Waals surface area (Å²) in [7, 11) is 1.62. The summed E-state index contributed by atoms with van der Waals surface area (Å²) in [6.45, 7) is 6.08. The van der Waals surface area contributed by atoms with Crippen molar-refractivity contribution in [3.63, 3.8) is 0 Å². The van der Waals surface area contributed by atoms with E-state index >= 15 is 0 Å². The minimum Gasteiger partial charge on any atom is -0.497 e. The third-order valence-corrected chi connectivity index (χ3v) is 5.71. The van der Waals surface area contributed by atoms with Crippen LogP contribution in [0, 0.1) is 0 Å². The van der Waals surface area contributed by atoms with Gasteiger partial charge in [-0.2, -0.15) is 0 Å². The van der Waals surface area contributed by atoms with Crippen LogP contribution >= 0.6 is 11.8 Å². The molecule has 0 radical (unpaired) electrons. The number of rotatable bonds is 7. The molecular weight excluding hydrogens is 440 g/mol. The van der Waals surface area contributed by atoms with Crippen LogP contribution in [0.15, 0.2) is 64.5 Å². The Labute approximate surface area is 195 Å². The summed E-state index contributed by atoms with van der Waals surface area (Å²) in [6.07, 6.45) is 3.40. The zero-order chi connectivity index (χ0) is 23.4. The summed E-state index contributed by atoms with van der Waals surface area (Å²) in [5, 5.41) is 16.1. The van der Waals surface area contributed by atoms with E-state index in [0.717, 1.165) is 22.7 Å². The summed E-state index contributed by atoms with van der Waals surface area (Å²) in [4.78, 5) is 16.6. The van der Waals surface area contributed by atoms with Crippen LogP contribution in [0.4, 0.5) is 5.88 Å². The van der Waals surface area contributed by atoms with E-state index in [-0.39, 0.29) is 17.1 Å². The van der Waals surface area contributed by atoms with Gasteiger partial charge in [0.05, 0.1) is 18.6 Å². The molecule has 0 bridgehead atoms. The van der Waals surface area contributed by atoms with Gasteiger partial charge in [0.2, 0.25) is 11.8 Å². The van der Waals surface area contributed by atoms with Gasteiger partial charge in [0.1, 0.15) is 5.75 Å². The number of carbonyl (C=O) groups is 1. The zero-order valence-electron chi connectivity index (χ0n) is 18.8. The van der Waals surface area contributed by atoms with Crippen molar-refractivity contribution in [1.29, 1.82) is 0 Å². The molecule has 1 N–H and O–H groups in total. The van der Waals surface area contributed by atoms with Gasteiger partial charge in [-0.3, -0.25) is 19.7 Å². The van der Waals surface area contributed by atoms with Gasteiger partial charge in [0.15, 0.2) is 11.0 Å². The molecule has 3 aromatic heterocycles. The predicted molar refractivity (Wildman–Crippen MR) is 126 cm³/mol. The topological polar surface area (TPSA) is 108 Å². The van der Waals surface area contributed by atoms with Crippen molar-refractivity contribution in [3.8, 4) is 22.8 Å². The molecule has 0 fully saturated rings. The minimum atomic E-state index is -0.230. The first-order valence-corrected chi connectivity index (χ1v) is 11.2. The molecule has 0 atom stereocenters. The lowest BCUT2D eigenvalue weighted by molar-refractivity contribution is -0.113. The quantitative estimate of drug-likeness (QED) is 0.402. The van der Waals surface area contributed by atoms with Gasteiger partial charge in [-0.05, 0) is 36.4 Å². The maximum Gasteiger partial charge on any atom is 0.237 e. The van der Waals surface area contributed by atoms with Gasteiger partial charge < -0.3 is 9.26 Å². The first-order chi connectivity index (χ1) is 15.8. The Morgan fingerprint density at radius 1 is 1.12 bits per heavy atom. The lowest BCUT2D eigenvalue weighted by atomic mass is 9.92. The molecular formula is C23H24N6O3S. The van der Waals surface area contributed by atoms with Crippen LogP contribution in [0.2, 0.25) is 0 Å². The first-order valence-electron chi connectivity index (χ1n) is 10.3. The first kappa shape index (κ1) is 22.5. The van der Waals surface area contributed by atoms with Crippen molar-refractivity contribution in [2.45, 2.75) is 31.3 Å². The summed E-state index contributed by atoms with van der Waals surface area (Å²) in [6, 6.07) is 13.0. The highest BCUT2D eigenvalue weighted by molar-refractivity contribution is 7.99. The molecule has 0 aliphatic rings. The van der Waals surface area contributed by atoms with Crippen LogP contribution in [-0.2, 0) is 10.2 Å². The molecule has 33 heavy (non-hydrogen) atoms. The monoisotopic (exact) mass is 464 g/mol. The third-order valence-electron chi connectivity index (χ3n) is 4.78. The average molecular weight is 465 g/mol. The van der Waals surface area contributed by atoms with Crippen LogP contribution in [0.25, 0.3) is 17.1 Å². The number of hydrogen-bond acceptors (Lipinski definition) is 8. The molecule has 170 valence electrons. The van der Waals surface area contributed by atoms with E-state index < -0.39 is 0 Å². The van der Waals surface area contributed by atoms with Crippen LogP contribution in [0.1, 0.15) is 26.5 Å². The van der Waals surface area contributed by atoms with E-state index in [9.17, 15) is 4.79 Å². The number of thioether (sulfide) groups is 1. The fourth-order valence-corrected chi connectivity index (χ4v) is 3.76. The van der Waals surface area contributed by atoms with E-state index in [2.05, 4.69) is 25.7 Å². The number of methoxy groups -OCH3 is 1. The Kier molecular flexibility index (Phi) is 6.45. The predicted octanol–water partition coefficient (Wildman–Crippen LogP) is 4.35. The molecule has 1 amide bonds. The van der Waals surface area contributed by atoms with Crippen LogP contribution in [0.3, 0.4) is 0 Å². The summed E-state index contributed by atoms with van der Waals surface area (Å²) < 4.78 is 12.4. The zero-order valence-corrected chi connectivity index (χ0v) is 19.6. The summed E-state index contributed by atoms with van der Waals surface area (Å²) in [5.41, 5.74) is 2.31. The molecule has 0 unspecified atom stereocenters. The molecule has 0 saturated heterocycles. The van der Waals surface area contributed by atoms with Gasteiger partial charge in [-0.25, -0.2) is 0 Å². The number of nitrogens with one attached hydrogen (secondary N) is 1. The number of benzene rings is 1. The standard InChI is InChI=1S/C23H24N6O3S/c1-23(2,3)18-13-20(32-28-18)25-19(30)14-33-22-27-26-21(15-9-11-24-12-10-15)29(22)16-5-7-17(31-4)8-6-16/h5-13H,14H2,1-4H3,(H,25,30). The molecule has 9 nitrogen and oxygen atoms in total. The van der Waals surface area contributed by atoms with E-state index in [1.165, 1.54) is 11.8 Å². The van der Waals surface area contributed by atoms with E-state index in [1.54, 1.807) is 25.6 Å². The highest BCUT2D eigenvalue weighted by atomic mass is 32.2. The fourth-order valence-electron chi connectivity index (χ4n) is 3.01. The SMILES string of the molecule is COc1ccc(-n2c(SCC(=O)Nc3cc(C(C)(C)C)no3)nnc2-c2ccncc2)cc1. The van der Waals surface area contributed by atoms with Crippen LogP contribution < -0.4 is 10.1 Å². The summed E-state index contributed by atoms with van der Waals surface area (Å²) in [5.74, 6) is 1.60. The normalized spacial score (nSPS) is 11.4.